The second-order valence-corrected chi connectivity index (χ2v) is 5.99. The van der Waals surface area contributed by atoms with Crippen molar-refractivity contribution in [2.45, 2.75) is 12.3 Å². The molecular weight excluding hydrogens is 269 g/mol. The van der Waals surface area contributed by atoms with Gasteiger partial charge >= 0.3 is 0 Å². The van der Waals surface area contributed by atoms with Gasteiger partial charge in [-0.3, -0.25) is 0 Å². The average Bonchev–Trinajstić information content (AvgIpc) is 2.77. The van der Waals surface area contributed by atoms with Crippen LogP contribution in [0.5, 0.6) is 0 Å². The molecule has 1 N–H and O–H groups in total. The number of benzene rings is 1. The Hall–Kier alpha value is -0.280. The van der Waals surface area contributed by atoms with Gasteiger partial charge in [0.15, 0.2) is 0 Å². The molecule has 2 aliphatic rings. The molecule has 1 aliphatic carbocycles. The number of ether oxygens (including phenoxy) is 1. The van der Waals surface area contributed by atoms with Crippen molar-refractivity contribution >= 4 is 23.2 Å². The van der Waals surface area contributed by atoms with Crippen molar-refractivity contribution in [3.8, 4) is 0 Å². The SMILES string of the molecule is CCOCC1[C@@H]2CNC[C@]12c1ccc(Cl)c(Cl)c1. The van der Waals surface area contributed by atoms with E-state index in [1.807, 2.05) is 19.1 Å². The fourth-order valence-corrected chi connectivity index (χ4v) is 3.75. The molecule has 0 amide bonds. The van der Waals surface area contributed by atoms with Crippen molar-refractivity contribution in [1.82, 2.24) is 5.32 Å². The van der Waals surface area contributed by atoms with Crippen LogP contribution in [0.15, 0.2) is 18.2 Å². The van der Waals surface area contributed by atoms with Crippen LogP contribution in [0.25, 0.3) is 0 Å². The zero-order valence-electron chi connectivity index (χ0n) is 10.4. The summed E-state index contributed by atoms with van der Waals surface area (Å²) in [5, 5.41) is 4.75. The van der Waals surface area contributed by atoms with E-state index in [0.717, 1.165) is 26.3 Å². The number of halogens is 2. The Morgan fingerprint density at radius 2 is 2.22 bits per heavy atom. The summed E-state index contributed by atoms with van der Waals surface area (Å²) in [4.78, 5) is 0. The van der Waals surface area contributed by atoms with Gasteiger partial charge in [0.1, 0.15) is 0 Å². The Balaban J connectivity index is 1.87. The van der Waals surface area contributed by atoms with Crippen LogP contribution in [-0.2, 0) is 10.2 Å². The molecule has 18 heavy (non-hydrogen) atoms. The first kappa shape index (κ1) is 12.7. The Morgan fingerprint density at radius 3 is 2.94 bits per heavy atom. The second-order valence-electron chi connectivity index (χ2n) is 5.17. The van der Waals surface area contributed by atoms with E-state index < -0.39 is 0 Å². The lowest BCUT2D eigenvalue weighted by molar-refractivity contribution is 0.126. The first-order chi connectivity index (χ1) is 8.70. The number of fused-ring (bicyclic) bond motifs is 1. The molecule has 2 fully saturated rings. The minimum Gasteiger partial charge on any atom is -0.381 e. The van der Waals surface area contributed by atoms with Crippen molar-refractivity contribution in [2.24, 2.45) is 11.8 Å². The van der Waals surface area contributed by atoms with Crippen molar-refractivity contribution < 1.29 is 4.74 Å². The fraction of sp³-hybridized carbons (Fsp3) is 0.571. The van der Waals surface area contributed by atoms with Crippen molar-refractivity contribution in [3.05, 3.63) is 33.8 Å². The molecule has 0 aromatic heterocycles. The van der Waals surface area contributed by atoms with Gasteiger partial charge in [-0.2, -0.15) is 0 Å². The highest BCUT2D eigenvalue weighted by Crippen LogP contribution is 2.62. The molecule has 0 radical (unpaired) electrons. The molecule has 98 valence electrons. The van der Waals surface area contributed by atoms with E-state index in [9.17, 15) is 0 Å². The van der Waals surface area contributed by atoms with E-state index in [1.54, 1.807) is 0 Å². The minimum atomic E-state index is 0.226. The summed E-state index contributed by atoms with van der Waals surface area (Å²) in [5.41, 5.74) is 1.53. The Bertz CT molecular complexity index is 465. The summed E-state index contributed by atoms with van der Waals surface area (Å²) in [5.74, 6) is 1.30. The largest absolute Gasteiger partial charge is 0.381 e. The van der Waals surface area contributed by atoms with Crippen LogP contribution in [0.4, 0.5) is 0 Å². The van der Waals surface area contributed by atoms with E-state index in [2.05, 4.69) is 11.4 Å². The highest BCUT2D eigenvalue weighted by Gasteiger charge is 2.67. The van der Waals surface area contributed by atoms with Crippen LogP contribution in [0.1, 0.15) is 12.5 Å². The molecule has 3 rings (SSSR count). The van der Waals surface area contributed by atoms with Gasteiger partial charge in [-0.15, -0.1) is 0 Å². The molecule has 1 unspecified atom stereocenters. The maximum atomic E-state index is 6.14. The maximum absolute atomic E-state index is 6.14. The summed E-state index contributed by atoms with van der Waals surface area (Å²) in [6.45, 7) is 5.78. The normalized spacial score (nSPS) is 33.5. The van der Waals surface area contributed by atoms with Gasteiger partial charge in [-0.25, -0.2) is 0 Å². The number of rotatable bonds is 4. The third kappa shape index (κ3) is 1.78. The number of nitrogens with one attached hydrogen (secondary N) is 1. The lowest BCUT2D eigenvalue weighted by Crippen LogP contribution is -2.25. The monoisotopic (exact) mass is 285 g/mol. The molecular formula is C14H17Cl2NO. The molecule has 2 nitrogen and oxygen atoms in total. The van der Waals surface area contributed by atoms with E-state index in [4.69, 9.17) is 27.9 Å². The molecule has 1 aromatic carbocycles. The third-order valence-electron chi connectivity index (χ3n) is 4.44. The summed E-state index contributed by atoms with van der Waals surface area (Å²) >= 11 is 12.1. The molecule has 0 spiro atoms. The summed E-state index contributed by atoms with van der Waals surface area (Å²) in [6.07, 6.45) is 0. The molecule has 1 aliphatic heterocycles. The van der Waals surface area contributed by atoms with Gasteiger partial charge in [0.2, 0.25) is 0 Å². The highest BCUT2D eigenvalue weighted by molar-refractivity contribution is 6.42. The number of piperidine rings is 1. The number of hydrogen-bond acceptors (Lipinski definition) is 2. The second kappa shape index (κ2) is 4.68. The van der Waals surface area contributed by atoms with Gasteiger partial charge < -0.3 is 10.1 Å². The predicted molar refractivity (Wildman–Crippen MR) is 74.5 cm³/mol. The molecule has 1 saturated carbocycles. The molecule has 3 atom stereocenters. The Kier molecular flexibility index (Phi) is 3.31. The fourth-order valence-electron chi connectivity index (χ4n) is 3.45. The third-order valence-corrected chi connectivity index (χ3v) is 5.18. The van der Waals surface area contributed by atoms with Crippen LogP contribution in [0, 0.1) is 11.8 Å². The molecule has 0 bridgehead atoms. The minimum absolute atomic E-state index is 0.226. The Labute approximate surface area is 118 Å². The first-order valence-corrected chi connectivity index (χ1v) is 7.19. The molecule has 4 heteroatoms. The lowest BCUT2D eigenvalue weighted by atomic mass is 9.93. The van der Waals surface area contributed by atoms with Gasteiger partial charge in [0, 0.05) is 18.6 Å². The number of hydrogen-bond donors (Lipinski definition) is 1. The average molecular weight is 286 g/mol. The Morgan fingerprint density at radius 1 is 1.39 bits per heavy atom. The summed E-state index contributed by atoms with van der Waals surface area (Å²) in [7, 11) is 0. The molecule has 1 heterocycles. The van der Waals surface area contributed by atoms with Gasteiger partial charge in [0.25, 0.3) is 0 Å². The van der Waals surface area contributed by atoms with Crippen LogP contribution >= 0.6 is 23.2 Å². The van der Waals surface area contributed by atoms with Crippen molar-refractivity contribution in [1.29, 1.82) is 0 Å². The lowest BCUT2D eigenvalue weighted by Gasteiger charge is -2.16. The van der Waals surface area contributed by atoms with Crippen LogP contribution in [-0.4, -0.2) is 26.3 Å². The van der Waals surface area contributed by atoms with Gasteiger partial charge in [-0.1, -0.05) is 29.3 Å². The van der Waals surface area contributed by atoms with Crippen molar-refractivity contribution in [3.63, 3.8) is 0 Å². The smallest absolute Gasteiger partial charge is 0.0595 e. The van der Waals surface area contributed by atoms with Gasteiger partial charge in [-0.05, 0) is 43.0 Å². The van der Waals surface area contributed by atoms with Crippen LogP contribution < -0.4 is 5.32 Å². The van der Waals surface area contributed by atoms with E-state index in [0.29, 0.717) is 21.9 Å². The zero-order valence-corrected chi connectivity index (χ0v) is 11.9. The summed E-state index contributed by atoms with van der Waals surface area (Å²) < 4.78 is 5.61. The summed E-state index contributed by atoms with van der Waals surface area (Å²) in [6, 6.07) is 6.04. The predicted octanol–water partition coefficient (Wildman–Crippen LogP) is 3.12. The maximum Gasteiger partial charge on any atom is 0.0595 e. The molecule has 1 saturated heterocycles. The molecule has 1 aromatic rings. The quantitative estimate of drug-likeness (QED) is 0.918. The van der Waals surface area contributed by atoms with Gasteiger partial charge in [0.05, 0.1) is 16.7 Å². The van der Waals surface area contributed by atoms with Crippen molar-refractivity contribution in [2.75, 3.05) is 26.3 Å². The van der Waals surface area contributed by atoms with Crippen LogP contribution in [0.2, 0.25) is 10.0 Å². The standard InChI is InChI=1S/C14H17Cl2NO/c1-2-18-7-11-10-6-17-8-14(10,11)9-3-4-12(15)13(16)5-9/h3-5,10-11,17H,2,6-8H2,1H3/t10-,11?,14+/m0/s1. The highest BCUT2D eigenvalue weighted by atomic mass is 35.5. The first-order valence-electron chi connectivity index (χ1n) is 6.44. The van der Waals surface area contributed by atoms with E-state index >= 15 is 0 Å². The van der Waals surface area contributed by atoms with E-state index in [-0.39, 0.29) is 5.41 Å². The van der Waals surface area contributed by atoms with E-state index in [1.165, 1.54) is 5.56 Å². The zero-order chi connectivity index (χ0) is 12.8. The van der Waals surface area contributed by atoms with Crippen LogP contribution in [0.3, 0.4) is 0 Å². The topological polar surface area (TPSA) is 21.3 Å².